The molecule has 318 valence electrons. The number of carbonyl (C=O) groups is 2. The highest BCUT2D eigenvalue weighted by molar-refractivity contribution is 5.85. The van der Waals surface area contributed by atoms with Gasteiger partial charge in [-0.1, -0.05) is 60.7 Å². The van der Waals surface area contributed by atoms with E-state index in [-0.39, 0.29) is 42.4 Å². The maximum absolute atomic E-state index is 13.8. The number of nitrogen functional groups attached to an aromatic ring is 1. The first kappa shape index (κ1) is 43.3. The summed E-state index contributed by atoms with van der Waals surface area (Å²) in [5.41, 5.74) is 9.81. The summed E-state index contributed by atoms with van der Waals surface area (Å²) >= 11 is 0. The number of aliphatic hydroxyl groups is 3. The number of hydrogen-bond donors (Lipinski definition) is 6. The van der Waals surface area contributed by atoms with E-state index in [1.54, 1.807) is 18.3 Å². The number of methoxy groups -OCH3 is 1. The van der Waals surface area contributed by atoms with E-state index in [4.69, 9.17) is 10.5 Å². The second kappa shape index (κ2) is 20.2. The summed E-state index contributed by atoms with van der Waals surface area (Å²) < 4.78 is 5.45. The number of nitrogens with zero attached hydrogens (tertiary/aromatic N) is 1. The van der Waals surface area contributed by atoms with Crippen molar-refractivity contribution in [1.82, 2.24) is 10.3 Å². The topological polar surface area (TPSA) is 175 Å². The number of nitrogens with two attached hydrogens (primary N) is 1. The van der Waals surface area contributed by atoms with E-state index in [1.165, 1.54) is 7.11 Å². The Morgan fingerprint density at radius 1 is 0.933 bits per heavy atom. The lowest BCUT2D eigenvalue weighted by Gasteiger charge is -2.42. The molecule has 7 N–H and O–H groups in total. The largest absolute Gasteiger partial charge is 0.504 e. The van der Waals surface area contributed by atoms with Crippen LogP contribution >= 0.6 is 0 Å². The number of ketones is 2. The smallest absolute Gasteiger partial charge is 0.160 e. The second-order valence-corrected chi connectivity index (χ2v) is 17.5. The second-order valence-electron chi connectivity index (χ2n) is 17.5. The lowest BCUT2D eigenvalue weighted by Crippen LogP contribution is -2.50. The van der Waals surface area contributed by atoms with Crippen LogP contribution in [0.15, 0.2) is 72.9 Å². The van der Waals surface area contributed by atoms with Crippen LogP contribution in [-0.2, 0) is 16.0 Å². The van der Waals surface area contributed by atoms with Crippen LogP contribution in [0, 0.1) is 35.5 Å². The monoisotopic (exact) mass is 815 g/mol. The van der Waals surface area contributed by atoms with Gasteiger partial charge in [0.25, 0.3) is 0 Å². The Bertz CT molecular complexity index is 2180. The highest BCUT2D eigenvalue weighted by atomic mass is 16.5. The molecule has 0 radical (unpaired) electrons. The van der Waals surface area contributed by atoms with Gasteiger partial charge < -0.3 is 36.2 Å². The van der Waals surface area contributed by atoms with Crippen molar-refractivity contribution in [3.05, 3.63) is 95.2 Å². The number of ether oxygens (including phenoxy) is 1. The average molecular weight is 816 g/mol. The first-order valence-corrected chi connectivity index (χ1v) is 22.0. The normalized spacial score (nSPS) is 23.8. The molecule has 0 spiro atoms. The first-order valence-electron chi connectivity index (χ1n) is 22.0. The molecule has 1 aliphatic heterocycles. The fourth-order valence-corrected chi connectivity index (χ4v) is 10.2. The molecule has 1 aromatic heterocycles. The predicted octanol–water partition coefficient (Wildman–Crippen LogP) is 6.99. The number of aromatic hydroxyl groups is 1. The molecule has 10 nitrogen and oxygen atoms in total. The van der Waals surface area contributed by atoms with E-state index in [2.05, 4.69) is 52.5 Å². The number of aryl methyl sites for hydroxylation is 1. The number of Topliss-reactive ketones (excluding diaryl/α,β-unsaturated/α-hetero) is 2. The number of nitrogens with one attached hydrogen (secondary N) is 1. The van der Waals surface area contributed by atoms with E-state index >= 15 is 0 Å². The van der Waals surface area contributed by atoms with Crippen LogP contribution in [0.2, 0.25) is 0 Å². The molecule has 60 heavy (non-hydrogen) atoms. The van der Waals surface area contributed by atoms with Crippen LogP contribution in [0.3, 0.4) is 0 Å². The lowest BCUT2D eigenvalue weighted by molar-refractivity contribution is -0.124. The SMILES string of the molecule is COc1cc2c(cc1O)[C@H](CC[C@H](O)C[C@H](c1ccnc(N)c1)c1ccc3ccccc3c1)C#C[C@H]([C@H](O)CCC[C@H](CCO)[C@@H]1CN[C@@H]3CC(=O)CC[C@@H]3C1)C(=O)CC2. The summed E-state index contributed by atoms with van der Waals surface area (Å²) in [6, 6.07) is 22.1. The van der Waals surface area contributed by atoms with Crippen LogP contribution in [0.25, 0.3) is 10.8 Å². The minimum absolute atomic E-state index is 0.0181. The van der Waals surface area contributed by atoms with Gasteiger partial charge in [-0.2, -0.15) is 0 Å². The Labute approximate surface area is 354 Å². The fraction of sp³-hybridized carbons (Fsp3) is 0.500. The zero-order valence-electron chi connectivity index (χ0n) is 34.8. The van der Waals surface area contributed by atoms with Crippen molar-refractivity contribution in [2.24, 2.45) is 23.7 Å². The van der Waals surface area contributed by atoms with Crippen LogP contribution < -0.4 is 15.8 Å². The molecule has 3 aromatic carbocycles. The number of benzene rings is 3. The zero-order chi connectivity index (χ0) is 42.2. The van der Waals surface area contributed by atoms with E-state index in [9.17, 15) is 30.0 Å². The van der Waals surface area contributed by atoms with Gasteiger partial charge in [-0.15, -0.1) is 0 Å². The predicted molar refractivity (Wildman–Crippen MR) is 234 cm³/mol. The third-order valence-electron chi connectivity index (χ3n) is 13.6. The fourth-order valence-electron chi connectivity index (χ4n) is 10.2. The number of rotatable bonds is 16. The van der Waals surface area contributed by atoms with E-state index < -0.39 is 24.0 Å². The van der Waals surface area contributed by atoms with Gasteiger partial charge in [0.05, 0.1) is 19.3 Å². The van der Waals surface area contributed by atoms with Crippen LogP contribution in [0.4, 0.5) is 5.82 Å². The number of aromatic nitrogens is 1. The summed E-state index contributed by atoms with van der Waals surface area (Å²) in [5.74, 6) is 7.20. The summed E-state index contributed by atoms with van der Waals surface area (Å²) in [6.07, 6.45) is 7.73. The van der Waals surface area contributed by atoms with Gasteiger partial charge in [-0.25, -0.2) is 4.98 Å². The number of piperidine rings is 1. The number of hydrogen-bond acceptors (Lipinski definition) is 10. The lowest BCUT2D eigenvalue weighted by atomic mass is 9.71. The van der Waals surface area contributed by atoms with Crippen LogP contribution in [0.5, 0.6) is 11.5 Å². The molecule has 2 heterocycles. The Morgan fingerprint density at radius 2 is 1.75 bits per heavy atom. The molecule has 7 rings (SSSR count). The molecular weight excluding hydrogens is 755 g/mol. The molecule has 1 saturated carbocycles. The highest BCUT2D eigenvalue weighted by Gasteiger charge is 2.37. The Kier molecular flexibility index (Phi) is 14.6. The van der Waals surface area contributed by atoms with Gasteiger partial charge in [-0.05, 0) is 139 Å². The van der Waals surface area contributed by atoms with E-state index in [1.807, 2.05) is 24.3 Å². The summed E-state index contributed by atoms with van der Waals surface area (Å²) in [5, 5.41) is 50.1. The zero-order valence-corrected chi connectivity index (χ0v) is 34.8. The molecule has 10 heteroatoms. The molecule has 2 aliphatic carbocycles. The molecule has 0 unspecified atom stereocenters. The highest BCUT2D eigenvalue weighted by Crippen LogP contribution is 2.40. The van der Waals surface area contributed by atoms with Crippen molar-refractivity contribution >= 4 is 28.2 Å². The quantitative estimate of drug-likeness (QED) is 0.0647. The third kappa shape index (κ3) is 10.6. The molecule has 0 bridgehead atoms. The van der Waals surface area contributed by atoms with Gasteiger partial charge in [-0.3, -0.25) is 9.59 Å². The number of anilines is 1. The summed E-state index contributed by atoms with van der Waals surface area (Å²) in [4.78, 5) is 30.0. The molecular formula is C50H61N3O7. The maximum atomic E-state index is 13.8. The molecule has 9 atom stereocenters. The molecule has 4 aromatic rings. The molecule has 2 fully saturated rings. The molecule has 0 amide bonds. The maximum Gasteiger partial charge on any atom is 0.160 e. The number of phenolic OH excluding ortho intramolecular Hbond substituents is 1. The van der Waals surface area contributed by atoms with Gasteiger partial charge in [0.2, 0.25) is 0 Å². The van der Waals surface area contributed by atoms with Crippen molar-refractivity contribution in [3.8, 4) is 23.3 Å². The van der Waals surface area contributed by atoms with Crippen molar-refractivity contribution in [3.63, 3.8) is 0 Å². The van der Waals surface area contributed by atoms with E-state index in [0.29, 0.717) is 87.0 Å². The minimum atomic E-state index is -0.955. The minimum Gasteiger partial charge on any atom is -0.504 e. The van der Waals surface area contributed by atoms with Gasteiger partial charge in [0, 0.05) is 49.9 Å². The van der Waals surface area contributed by atoms with Crippen LogP contribution in [0.1, 0.15) is 111 Å². The Hall–Kier alpha value is -4.79. The van der Waals surface area contributed by atoms with Gasteiger partial charge >= 0.3 is 0 Å². The van der Waals surface area contributed by atoms with Gasteiger partial charge in [0.15, 0.2) is 17.3 Å². The van der Waals surface area contributed by atoms with E-state index in [0.717, 1.165) is 58.8 Å². The number of phenols is 1. The molecule has 1 saturated heterocycles. The number of pyridine rings is 1. The molecule has 3 aliphatic rings. The van der Waals surface area contributed by atoms with Crippen molar-refractivity contribution in [2.45, 2.75) is 114 Å². The van der Waals surface area contributed by atoms with Crippen LogP contribution in [-0.4, -0.2) is 75.5 Å². The third-order valence-corrected chi connectivity index (χ3v) is 13.6. The first-order chi connectivity index (χ1) is 29.1. The Morgan fingerprint density at radius 3 is 2.55 bits per heavy atom. The van der Waals surface area contributed by atoms with Crippen molar-refractivity contribution in [1.29, 1.82) is 0 Å². The Balaban J connectivity index is 1.06. The number of carbonyl (C=O) groups excluding carboxylic acids is 2. The summed E-state index contributed by atoms with van der Waals surface area (Å²) in [7, 11) is 1.49. The number of fused-ring (bicyclic) bond motifs is 3. The standard InChI is InChI=1S/C50H61N3O7/c1-60-49-25-36-14-18-47(58)42(46(57)8-4-7-32(20-22-54)39-24-38-12-16-41(56)28-45(38)53-30-39)17-13-33(44(36)29-48(49)59)11-15-40(55)27-43(37-19-21-52-50(51)26-37)35-10-9-31-5-2-3-6-34(31)23-35/h2-3,5-6,9-10,19,21,23,25-26,29,32-33,38-40,42-43,45-46,53-55,57,59H,4,7-8,11-12,14-16,18,20,22,24,27-28,30H2,1H3,(H2,51,52)/t32-,33-,38-,39+,40+,42-,43+,45-,46-/m1/s1. The summed E-state index contributed by atoms with van der Waals surface area (Å²) in [6.45, 7) is 0.927. The number of aliphatic hydroxyl groups excluding tert-OH is 3. The van der Waals surface area contributed by atoms with Crippen molar-refractivity contribution in [2.75, 3.05) is 26.0 Å². The van der Waals surface area contributed by atoms with Gasteiger partial charge in [0.1, 0.15) is 17.5 Å². The average Bonchev–Trinajstić information content (AvgIpc) is 3.31. The van der Waals surface area contributed by atoms with Crippen molar-refractivity contribution < 1.29 is 34.8 Å².